The minimum atomic E-state index is 0.0481. The molecule has 3 heteroatoms. The molecule has 1 aromatic heterocycles. The van der Waals surface area contributed by atoms with E-state index in [2.05, 4.69) is 0 Å². The molecule has 0 fully saturated rings. The van der Waals surface area contributed by atoms with E-state index in [1.165, 1.54) is 0 Å². The van der Waals surface area contributed by atoms with E-state index in [1.54, 1.807) is 24.7 Å². The molecule has 0 radical (unpaired) electrons. The van der Waals surface area contributed by atoms with Crippen LogP contribution in [0.25, 0.3) is 0 Å². The van der Waals surface area contributed by atoms with Crippen molar-refractivity contribution >= 4 is 17.4 Å². The number of carbonyl (C=O) groups is 1. The number of benzene rings is 1. The Morgan fingerprint density at radius 2 is 2.19 bits per heavy atom. The Morgan fingerprint density at radius 3 is 2.81 bits per heavy atom. The molecular formula is C13H11ClO2. The van der Waals surface area contributed by atoms with E-state index in [-0.39, 0.29) is 5.78 Å². The molecule has 0 spiro atoms. The molecule has 2 rings (SSSR count). The maximum atomic E-state index is 11.9. The van der Waals surface area contributed by atoms with Crippen molar-refractivity contribution < 1.29 is 9.21 Å². The summed E-state index contributed by atoms with van der Waals surface area (Å²) in [6.45, 7) is 1.92. The lowest BCUT2D eigenvalue weighted by Gasteiger charge is -2.02. The summed E-state index contributed by atoms with van der Waals surface area (Å²) in [6.07, 6.45) is 3.48. The highest BCUT2D eigenvalue weighted by atomic mass is 35.5. The Labute approximate surface area is 98.8 Å². The lowest BCUT2D eigenvalue weighted by Crippen LogP contribution is -2.03. The Hall–Kier alpha value is -1.54. The number of rotatable bonds is 3. The second-order valence-corrected chi connectivity index (χ2v) is 4.19. The van der Waals surface area contributed by atoms with Crippen LogP contribution in [-0.4, -0.2) is 5.78 Å². The van der Waals surface area contributed by atoms with Crippen LogP contribution in [-0.2, 0) is 6.42 Å². The Balaban J connectivity index is 2.21. The second-order valence-electron chi connectivity index (χ2n) is 3.75. The van der Waals surface area contributed by atoms with Crippen LogP contribution in [0.1, 0.15) is 21.5 Å². The van der Waals surface area contributed by atoms with E-state index >= 15 is 0 Å². The number of ketones is 1. The summed E-state index contributed by atoms with van der Waals surface area (Å²) in [7, 11) is 0. The fourth-order valence-corrected chi connectivity index (χ4v) is 1.87. The third-order valence-corrected chi connectivity index (χ3v) is 2.53. The molecule has 0 saturated carbocycles. The summed E-state index contributed by atoms with van der Waals surface area (Å²) in [5.41, 5.74) is 2.51. The van der Waals surface area contributed by atoms with Crippen LogP contribution in [0.15, 0.2) is 41.2 Å². The van der Waals surface area contributed by atoms with Crippen molar-refractivity contribution in [2.45, 2.75) is 13.3 Å². The molecule has 0 N–H and O–H groups in total. The van der Waals surface area contributed by atoms with E-state index < -0.39 is 0 Å². The fourth-order valence-electron chi connectivity index (χ4n) is 1.58. The van der Waals surface area contributed by atoms with Gasteiger partial charge in [-0.25, -0.2) is 0 Å². The Bertz CT molecular complexity index is 480. The van der Waals surface area contributed by atoms with Crippen LogP contribution in [0.4, 0.5) is 0 Å². The Kier molecular flexibility index (Phi) is 3.11. The van der Waals surface area contributed by atoms with Gasteiger partial charge in [0.25, 0.3) is 0 Å². The van der Waals surface area contributed by atoms with Gasteiger partial charge in [-0.2, -0.15) is 0 Å². The van der Waals surface area contributed by atoms with Crippen LogP contribution in [0.5, 0.6) is 0 Å². The van der Waals surface area contributed by atoms with Crippen LogP contribution in [0, 0.1) is 6.92 Å². The second kappa shape index (κ2) is 4.54. The zero-order chi connectivity index (χ0) is 11.5. The van der Waals surface area contributed by atoms with E-state index in [4.69, 9.17) is 16.0 Å². The summed E-state index contributed by atoms with van der Waals surface area (Å²) in [5, 5.41) is 0.593. The maximum absolute atomic E-state index is 11.9. The van der Waals surface area contributed by atoms with E-state index in [0.717, 1.165) is 11.1 Å². The zero-order valence-corrected chi connectivity index (χ0v) is 9.62. The topological polar surface area (TPSA) is 30.2 Å². The number of furan rings is 1. The molecule has 1 heterocycles. The van der Waals surface area contributed by atoms with Crippen LogP contribution in [0.3, 0.4) is 0 Å². The molecular weight excluding hydrogens is 224 g/mol. The number of hydrogen-bond acceptors (Lipinski definition) is 2. The smallest absolute Gasteiger partial charge is 0.167 e. The number of aryl methyl sites for hydroxylation is 1. The van der Waals surface area contributed by atoms with Gasteiger partial charge < -0.3 is 4.42 Å². The summed E-state index contributed by atoms with van der Waals surface area (Å²) in [4.78, 5) is 11.9. The summed E-state index contributed by atoms with van der Waals surface area (Å²) in [6, 6.07) is 7.15. The first-order valence-corrected chi connectivity index (χ1v) is 5.34. The third-order valence-electron chi connectivity index (χ3n) is 2.31. The first-order valence-electron chi connectivity index (χ1n) is 4.96. The summed E-state index contributed by atoms with van der Waals surface area (Å²) in [5.74, 6) is 0.0481. The van der Waals surface area contributed by atoms with Crippen molar-refractivity contribution in [1.29, 1.82) is 0 Å². The average molecular weight is 235 g/mol. The van der Waals surface area contributed by atoms with Crippen LogP contribution in [0.2, 0.25) is 5.02 Å². The van der Waals surface area contributed by atoms with Crippen molar-refractivity contribution in [3.05, 3.63) is 58.5 Å². The van der Waals surface area contributed by atoms with Crippen molar-refractivity contribution in [2.24, 2.45) is 0 Å². The van der Waals surface area contributed by atoms with Crippen molar-refractivity contribution in [3.63, 3.8) is 0 Å². The lowest BCUT2D eigenvalue weighted by atomic mass is 10.0. The molecule has 2 nitrogen and oxygen atoms in total. The molecule has 0 unspecified atom stereocenters. The van der Waals surface area contributed by atoms with Crippen molar-refractivity contribution in [1.82, 2.24) is 0 Å². The monoisotopic (exact) mass is 234 g/mol. The van der Waals surface area contributed by atoms with Gasteiger partial charge in [0.1, 0.15) is 0 Å². The molecule has 0 atom stereocenters. The zero-order valence-electron chi connectivity index (χ0n) is 8.87. The van der Waals surface area contributed by atoms with E-state index in [9.17, 15) is 4.79 Å². The van der Waals surface area contributed by atoms with Gasteiger partial charge in [-0.05, 0) is 42.3 Å². The molecule has 0 aliphatic rings. The minimum absolute atomic E-state index is 0.0481. The fraction of sp³-hybridized carbons (Fsp3) is 0.154. The summed E-state index contributed by atoms with van der Waals surface area (Å²) < 4.78 is 4.92. The molecule has 0 amide bonds. The average Bonchev–Trinajstić information content (AvgIpc) is 2.68. The quantitative estimate of drug-likeness (QED) is 0.759. The molecule has 16 heavy (non-hydrogen) atoms. The molecule has 0 aliphatic heterocycles. The van der Waals surface area contributed by atoms with Gasteiger partial charge >= 0.3 is 0 Å². The predicted octanol–water partition coefficient (Wildman–Crippen LogP) is 3.67. The largest absolute Gasteiger partial charge is 0.472 e. The molecule has 0 bridgehead atoms. The first-order chi connectivity index (χ1) is 7.65. The van der Waals surface area contributed by atoms with Crippen molar-refractivity contribution in [2.75, 3.05) is 0 Å². The van der Waals surface area contributed by atoms with Gasteiger partial charge in [-0.15, -0.1) is 0 Å². The predicted molar refractivity (Wildman–Crippen MR) is 62.9 cm³/mol. The normalized spacial score (nSPS) is 10.4. The molecule has 0 aliphatic carbocycles. The van der Waals surface area contributed by atoms with Crippen LogP contribution < -0.4 is 0 Å². The standard InChI is InChI=1S/C13H11ClO2/c1-9-4-11(7-12(14)5-9)13(15)6-10-2-3-16-8-10/h2-5,7-8H,6H2,1H3. The number of halogens is 1. The van der Waals surface area contributed by atoms with E-state index in [0.29, 0.717) is 17.0 Å². The third kappa shape index (κ3) is 2.52. The maximum Gasteiger partial charge on any atom is 0.167 e. The number of hydrogen-bond donors (Lipinski definition) is 0. The Morgan fingerprint density at radius 1 is 1.38 bits per heavy atom. The highest BCUT2D eigenvalue weighted by Crippen LogP contribution is 2.16. The molecule has 82 valence electrons. The summed E-state index contributed by atoms with van der Waals surface area (Å²) >= 11 is 5.91. The SMILES string of the molecule is Cc1cc(Cl)cc(C(=O)Cc2ccoc2)c1. The highest BCUT2D eigenvalue weighted by Gasteiger charge is 2.09. The number of Topliss-reactive ketones (excluding diaryl/α,β-unsaturated/α-hetero) is 1. The minimum Gasteiger partial charge on any atom is -0.472 e. The van der Waals surface area contributed by atoms with E-state index in [1.807, 2.05) is 19.1 Å². The first kappa shape index (κ1) is 11.0. The molecule has 2 aromatic rings. The van der Waals surface area contributed by atoms with Gasteiger partial charge in [0.2, 0.25) is 0 Å². The van der Waals surface area contributed by atoms with Crippen molar-refractivity contribution in [3.8, 4) is 0 Å². The molecule has 0 saturated heterocycles. The highest BCUT2D eigenvalue weighted by molar-refractivity contribution is 6.31. The van der Waals surface area contributed by atoms with Gasteiger partial charge in [0, 0.05) is 17.0 Å². The van der Waals surface area contributed by atoms with Gasteiger partial charge in [-0.3, -0.25) is 4.79 Å². The lowest BCUT2D eigenvalue weighted by molar-refractivity contribution is 0.0992. The van der Waals surface area contributed by atoms with Crippen LogP contribution >= 0.6 is 11.6 Å². The van der Waals surface area contributed by atoms with Gasteiger partial charge in [0.15, 0.2) is 5.78 Å². The van der Waals surface area contributed by atoms with Gasteiger partial charge in [0.05, 0.1) is 12.5 Å². The molecule has 1 aromatic carbocycles. The number of carbonyl (C=O) groups excluding carboxylic acids is 1. The van der Waals surface area contributed by atoms with Gasteiger partial charge in [-0.1, -0.05) is 11.6 Å².